The summed E-state index contributed by atoms with van der Waals surface area (Å²) >= 11 is 1.80. The van der Waals surface area contributed by atoms with Crippen LogP contribution < -0.4 is 0 Å². The maximum absolute atomic E-state index is 9.87. The maximum Gasteiger partial charge on any atom is 0.0804 e. The van der Waals surface area contributed by atoms with Crippen molar-refractivity contribution in [3.8, 4) is 0 Å². The van der Waals surface area contributed by atoms with E-state index in [9.17, 15) is 5.11 Å². The Bertz CT molecular complexity index is 433. The third kappa shape index (κ3) is 3.45. The van der Waals surface area contributed by atoms with Gasteiger partial charge in [0, 0.05) is 23.8 Å². The van der Waals surface area contributed by atoms with Crippen LogP contribution in [0, 0.1) is 0 Å². The molecule has 3 heteroatoms. The fraction of sp³-hybridized carbons (Fsp3) is 0.429. The molecule has 2 rings (SSSR count). The van der Waals surface area contributed by atoms with Gasteiger partial charge in [0.2, 0.25) is 0 Å². The molecular formula is C14H19NOS. The number of aryl methyl sites for hydroxylation is 2. The van der Waals surface area contributed by atoms with Gasteiger partial charge in [-0.15, -0.1) is 11.3 Å². The standard InChI is InChI=1S/C14H19NOS/c1-2-4-14(16)12-6-8-15(11-12)9-7-13-5-3-10-17-13/h3,5-6,8,10-11,14,16H,2,4,7,9H2,1H3. The molecule has 92 valence electrons. The first-order valence-electron chi connectivity index (χ1n) is 6.15. The highest BCUT2D eigenvalue weighted by atomic mass is 32.1. The molecule has 1 unspecified atom stereocenters. The second-order valence-corrected chi connectivity index (χ2v) is 5.35. The number of aliphatic hydroxyl groups excluding tert-OH is 1. The predicted molar refractivity (Wildman–Crippen MR) is 72.3 cm³/mol. The van der Waals surface area contributed by atoms with Crippen molar-refractivity contribution in [2.24, 2.45) is 0 Å². The summed E-state index contributed by atoms with van der Waals surface area (Å²) in [6.45, 7) is 3.08. The first-order chi connectivity index (χ1) is 8.29. The van der Waals surface area contributed by atoms with Gasteiger partial charge in [0.25, 0.3) is 0 Å². The lowest BCUT2D eigenvalue weighted by Gasteiger charge is -2.06. The summed E-state index contributed by atoms with van der Waals surface area (Å²) in [7, 11) is 0. The van der Waals surface area contributed by atoms with E-state index in [0.717, 1.165) is 31.4 Å². The number of hydrogen-bond acceptors (Lipinski definition) is 2. The minimum atomic E-state index is -0.303. The smallest absolute Gasteiger partial charge is 0.0804 e. The van der Waals surface area contributed by atoms with Crippen LogP contribution in [-0.4, -0.2) is 9.67 Å². The largest absolute Gasteiger partial charge is 0.388 e. The number of aliphatic hydroxyl groups is 1. The summed E-state index contributed by atoms with van der Waals surface area (Å²) in [6, 6.07) is 6.28. The molecule has 2 aromatic rings. The molecule has 0 fully saturated rings. The quantitative estimate of drug-likeness (QED) is 0.831. The lowest BCUT2D eigenvalue weighted by molar-refractivity contribution is 0.166. The zero-order chi connectivity index (χ0) is 12.1. The van der Waals surface area contributed by atoms with E-state index in [2.05, 4.69) is 41.4 Å². The van der Waals surface area contributed by atoms with Crippen LogP contribution in [-0.2, 0) is 13.0 Å². The Labute approximate surface area is 107 Å². The van der Waals surface area contributed by atoms with Crippen LogP contribution in [0.2, 0.25) is 0 Å². The second-order valence-electron chi connectivity index (χ2n) is 4.32. The van der Waals surface area contributed by atoms with E-state index in [1.807, 2.05) is 6.07 Å². The molecule has 0 aromatic carbocycles. The van der Waals surface area contributed by atoms with Crippen molar-refractivity contribution >= 4 is 11.3 Å². The van der Waals surface area contributed by atoms with Crippen molar-refractivity contribution in [1.29, 1.82) is 0 Å². The van der Waals surface area contributed by atoms with Crippen LogP contribution >= 0.6 is 11.3 Å². The zero-order valence-electron chi connectivity index (χ0n) is 10.2. The molecule has 0 aliphatic heterocycles. The highest BCUT2D eigenvalue weighted by Gasteiger charge is 2.07. The minimum absolute atomic E-state index is 0.303. The molecule has 0 spiro atoms. The second kappa shape index (κ2) is 6.03. The van der Waals surface area contributed by atoms with Crippen LogP contribution in [0.5, 0.6) is 0 Å². The van der Waals surface area contributed by atoms with Gasteiger partial charge in [-0.05, 0) is 35.9 Å². The Morgan fingerprint density at radius 2 is 2.29 bits per heavy atom. The summed E-state index contributed by atoms with van der Waals surface area (Å²) in [6.07, 6.45) is 6.74. The summed E-state index contributed by atoms with van der Waals surface area (Å²) < 4.78 is 2.16. The van der Waals surface area contributed by atoms with Gasteiger partial charge in [0.15, 0.2) is 0 Å². The number of thiophene rings is 1. The SMILES string of the molecule is CCCC(O)c1ccn(CCc2cccs2)c1. The predicted octanol–water partition coefficient (Wildman–Crippen LogP) is 3.63. The van der Waals surface area contributed by atoms with Gasteiger partial charge < -0.3 is 9.67 Å². The fourth-order valence-corrected chi connectivity index (χ4v) is 2.63. The van der Waals surface area contributed by atoms with Crippen LogP contribution in [0.1, 0.15) is 36.3 Å². The maximum atomic E-state index is 9.87. The van der Waals surface area contributed by atoms with E-state index < -0.39 is 0 Å². The van der Waals surface area contributed by atoms with E-state index in [0.29, 0.717) is 0 Å². The van der Waals surface area contributed by atoms with Gasteiger partial charge >= 0.3 is 0 Å². The van der Waals surface area contributed by atoms with Gasteiger partial charge in [-0.3, -0.25) is 0 Å². The summed E-state index contributed by atoms with van der Waals surface area (Å²) in [5, 5.41) is 12.0. The zero-order valence-corrected chi connectivity index (χ0v) is 11.0. The third-order valence-electron chi connectivity index (χ3n) is 2.92. The van der Waals surface area contributed by atoms with Crippen molar-refractivity contribution < 1.29 is 5.11 Å². The normalized spacial score (nSPS) is 12.8. The van der Waals surface area contributed by atoms with Crippen molar-refractivity contribution in [3.05, 3.63) is 46.4 Å². The van der Waals surface area contributed by atoms with Gasteiger partial charge in [0.1, 0.15) is 0 Å². The number of rotatable bonds is 6. The molecule has 2 heterocycles. The molecule has 0 saturated heterocycles. The first-order valence-corrected chi connectivity index (χ1v) is 7.03. The summed E-state index contributed by atoms with van der Waals surface area (Å²) in [5.41, 5.74) is 1.04. The van der Waals surface area contributed by atoms with Gasteiger partial charge in [-0.25, -0.2) is 0 Å². The fourth-order valence-electron chi connectivity index (χ4n) is 1.93. The molecule has 0 radical (unpaired) electrons. The van der Waals surface area contributed by atoms with Crippen LogP contribution in [0.4, 0.5) is 0 Å². The highest BCUT2D eigenvalue weighted by molar-refractivity contribution is 7.09. The Hall–Kier alpha value is -1.06. The molecule has 0 bridgehead atoms. The van der Waals surface area contributed by atoms with Crippen molar-refractivity contribution in [1.82, 2.24) is 4.57 Å². The average molecular weight is 249 g/mol. The topological polar surface area (TPSA) is 25.2 Å². The number of nitrogens with zero attached hydrogens (tertiary/aromatic N) is 1. The Morgan fingerprint density at radius 1 is 1.41 bits per heavy atom. The van der Waals surface area contributed by atoms with Gasteiger partial charge in [0.05, 0.1) is 6.10 Å². The molecule has 2 nitrogen and oxygen atoms in total. The van der Waals surface area contributed by atoms with E-state index in [-0.39, 0.29) is 6.10 Å². The first kappa shape index (κ1) is 12.4. The summed E-state index contributed by atoms with van der Waals surface area (Å²) in [5.74, 6) is 0. The minimum Gasteiger partial charge on any atom is -0.388 e. The third-order valence-corrected chi connectivity index (χ3v) is 3.85. The van der Waals surface area contributed by atoms with Crippen LogP contribution in [0.3, 0.4) is 0 Å². The molecule has 1 atom stereocenters. The van der Waals surface area contributed by atoms with Crippen LogP contribution in [0.15, 0.2) is 36.0 Å². The molecule has 17 heavy (non-hydrogen) atoms. The Morgan fingerprint density at radius 3 is 3.00 bits per heavy atom. The van der Waals surface area contributed by atoms with E-state index in [4.69, 9.17) is 0 Å². The molecule has 0 saturated carbocycles. The molecule has 0 aliphatic carbocycles. The molecule has 1 N–H and O–H groups in total. The van der Waals surface area contributed by atoms with Crippen molar-refractivity contribution in [3.63, 3.8) is 0 Å². The lowest BCUT2D eigenvalue weighted by atomic mass is 10.1. The van der Waals surface area contributed by atoms with E-state index in [1.54, 1.807) is 11.3 Å². The highest BCUT2D eigenvalue weighted by Crippen LogP contribution is 2.18. The lowest BCUT2D eigenvalue weighted by Crippen LogP contribution is -1.98. The van der Waals surface area contributed by atoms with Crippen molar-refractivity contribution in [2.45, 2.75) is 38.8 Å². The number of aromatic nitrogens is 1. The van der Waals surface area contributed by atoms with E-state index >= 15 is 0 Å². The molecule has 0 aliphatic rings. The Balaban J connectivity index is 1.89. The number of hydrogen-bond donors (Lipinski definition) is 1. The van der Waals surface area contributed by atoms with Crippen molar-refractivity contribution in [2.75, 3.05) is 0 Å². The summed E-state index contributed by atoms with van der Waals surface area (Å²) in [4.78, 5) is 1.41. The average Bonchev–Trinajstić information content (AvgIpc) is 2.98. The monoisotopic (exact) mass is 249 g/mol. The van der Waals surface area contributed by atoms with Gasteiger partial charge in [-0.2, -0.15) is 0 Å². The Kier molecular flexibility index (Phi) is 4.40. The molecule has 2 aromatic heterocycles. The molecular weight excluding hydrogens is 230 g/mol. The molecule has 0 amide bonds. The van der Waals surface area contributed by atoms with Gasteiger partial charge in [-0.1, -0.05) is 19.4 Å². The van der Waals surface area contributed by atoms with Crippen LogP contribution in [0.25, 0.3) is 0 Å². The van der Waals surface area contributed by atoms with E-state index in [1.165, 1.54) is 4.88 Å².